The Kier molecular flexibility index (Phi) is 1.45. The highest BCUT2D eigenvalue weighted by atomic mass is 16.5. The van der Waals surface area contributed by atoms with Crippen LogP contribution in [0.3, 0.4) is 0 Å². The standard InChI is InChI=1S/C6H11NO2/c1-4-5(7(4)2)6(8)9-3/h4-5H,1-3H3/t4-,5+,7?/m0/s1. The molecule has 1 heterocycles. The predicted octanol–water partition coefficient (Wildman–Crippen LogP) is -0.138. The van der Waals surface area contributed by atoms with Gasteiger partial charge in [0.25, 0.3) is 0 Å². The second kappa shape index (κ2) is 1.99. The fourth-order valence-corrected chi connectivity index (χ4v) is 0.978. The Hall–Kier alpha value is -0.570. The van der Waals surface area contributed by atoms with Crippen LogP contribution in [0.4, 0.5) is 0 Å². The fourth-order valence-electron chi connectivity index (χ4n) is 0.978. The van der Waals surface area contributed by atoms with Gasteiger partial charge in [0, 0.05) is 6.04 Å². The average Bonchev–Trinajstić information content (AvgIpc) is 2.40. The van der Waals surface area contributed by atoms with Crippen LogP contribution in [0.15, 0.2) is 0 Å². The van der Waals surface area contributed by atoms with Crippen molar-refractivity contribution >= 4 is 5.97 Å². The van der Waals surface area contributed by atoms with Crippen molar-refractivity contribution in [2.75, 3.05) is 14.2 Å². The summed E-state index contributed by atoms with van der Waals surface area (Å²) in [6, 6.07) is 0.396. The molecule has 3 nitrogen and oxygen atoms in total. The molecule has 0 aromatic rings. The van der Waals surface area contributed by atoms with Crippen molar-refractivity contribution in [2.45, 2.75) is 19.0 Å². The zero-order valence-corrected chi connectivity index (χ0v) is 5.92. The highest BCUT2D eigenvalue weighted by molar-refractivity contribution is 5.79. The van der Waals surface area contributed by atoms with E-state index in [1.54, 1.807) is 0 Å². The quantitative estimate of drug-likeness (QED) is 0.364. The molecule has 0 saturated carbocycles. The van der Waals surface area contributed by atoms with E-state index in [0.29, 0.717) is 6.04 Å². The van der Waals surface area contributed by atoms with Gasteiger partial charge >= 0.3 is 5.97 Å². The van der Waals surface area contributed by atoms with E-state index in [1.807, 2.05) is 18.9 Å². The second-order valence-corrected chi connectivity index (χ2v) is 2.37. The molecule has 0 aliphatic carbocycles. The Bertz CT molecular complexity index is 127. The molecule has 1 unspecified atom stereocenters. The molecular formula is C6H11NO2. The van der Waals surface area contributed by atoms with Gasteiger partial charge in [0.1, 0.15) is 6.04 Å². The lowest BCUT2D eigenvalue weighted by atomic mass is 10.3. The summed E-state index contributed by atoms with van der Waals surface area (Å²) in [5.74, 6) is -0.120. The van der Waals surface area contributed by atoms with E-state index in [9.17, 15) is 4.79 Å². The molecule has 3 heteroatoms. The number of hydrogen-bond acceptors (Lipinski definition) is 3. The zero-order valence-electron chi connectivity index (χ0n) is 5.92. The summed E-state index contributed by atoms with van der Waals surface area (Å²) in [5, 5.41) is 0. The van der Waals surface area contributed by atoms with Gasteiger partial charge in [-0.3, -0.25) is 9.69 Å². The molecule has 1 aliphatic rings. The maximum atomic E-state index is 10.7. The number of methoxy groups -OCH3 is 1. The molecule has 52 valence electrons. The summed E-state index contributed by atoms with van der Waals surface area (Å²) in [7, 11) is 3.33. The van der Waals surface area contributed by atoms with Crippen molar-refractivity contribution in [3.63, 3.8) is 0 Å². The zero-order chi connectivity index (χ0) is 7.02. The van der Waals surface area contributed by atoms with E-state index in [-0.39, 0.29) is 12.0 Å². The van der Waals surface area contributed by atoms with Crippen LogP contribution in [-0.4, -0.2) is 37.1 Å². The summed E-state index contributed by atoms with van der Waals surface area (Å²) in [6.45, 7) is 2.00. The van der Waals surface area contributed by atoms with Crippen LogP contribution in [0.5, 0.6) is 0 Å². The summed E-state index contributed by atoms with van der Waals surface area (Å²) in [4.78, 5) is 12.7. The van der Waals surface area contributed by atoms with Crippen molar-refractivity contribution in [3.05, 3.63) is 0 Å². The normalized spacial score (nSPS) is 40.1. The lowest BCUT2D eigenvalue weighted by Crippen LogP contribution is -2.12. The Labute approximate surface area is 54.6 Å². The number of carbonyl (C=O) groups is 1. The maximum absolute atomic E-state index is 10.7. The molecule has 1 aliphatic heterocycles. The largest absolute Gasteiger partial charge is 0.468 e. The molecule has 0 spiro atoms. The number of esters is 1. The Morgan fingerprint density at radius 3 is 2.22 bits per heavy atom. The van der Waals surface area contributed by atoms with E-state index in [0.717, 1.165) is 0 Å². The fraction of sp³-hybridized carbons (Fsp3) is 0.833. The third kappa shape index (κ3) is 0.920. The minimum Gasteiger partial charge on any atom is -0.468 e. The van der Waals surface area contributed by atoms with Crippen LogP contribution in [0.1, 0.15) is 6.92 Å². The molecule has 9 heavy (non-hydrogen) atoms. The Balaban J connectivity index is 2.40. The average molecular weight is 129 g/mol. The van der Waals surface area contributed by atoms with Gasteiger partial charge in [-0.25, -0.2) is 0 Å². The number of rotatable bonds is 1. The molecule has 0 amide bonds. The highest BCUT2D eigenvalue weighted by Gasteiger charge is 2.47. The topological polar surface area (TPSA) is 29.3 Å². The Morgan fingerprint density at radius 1 is 1.67 bits per heavy atom. The lowest BCUT2D eigenvalue weighted by molar-refractivity contribution is -0.140. The molecule has 0 aromatic carbocycles. The number of ether oxygens (including phenoxy) is 1. The number of likely N-dealkylation sites (N-methyl/N-ethyl adjacent to an activating group) is 1. The van der Waals surface area contributed by atoms with Gasteiger partial charge in [0.15, 0.2) is 0 Å². The molecule has 0 radical (unpaired) electrons. The van der Waals surface area contributed by atoms with Gasteiger partial charge in [-0.05, 0) is 14.0 Å². The van der Waals surface area contributed by atoms with E-state index in [4.69, 9.17) is 0 Å². The van der Waals surface area contributed by atoms with E-state index < -0.39 is 0 Å². The third-order valence-corrected chi connectivity index (χ3v) is 1.89. The minimum atomic E-state index is -0.120. The summed E-state index contributed by atoms with van der Waals surface area (Å²) in [6.07, 6.45) is 0. The smallest absolute Gasteiger partial charge is 0.324 e. The molecule has 3 atom stereocenters. The van der Waals surface area contributed by atoms with Gasteiger partial charge in [0.2, 0.25) is 0 Å². The predicted molar refractivity (Wildman–Crippen MR) is 33.0 cm³/mol. The first-order chi connectivity index (χ1) is 4.18. The monoisotopic (exact) mass is 129 g/mol. The Morgan fingerprint density at radius 2 is 2.11 bits per heavy atom. The molecule has 1 fully saturated rings. The van der Waals surface area contributed by atoms with Crippen LogP contribution in [-0.2, 0) is 9.53 Å². The molecule has 0 N–H and O–H groups in total. The van der Waals surface area contributed by atoms with Gasteiger partial charge in [0.05, 0.1) is 7.11 Å². The van der Waals surface area contributed by atoms with Crippen molar-refractivity contribution < 1.29 is 9.53 Å². The van der Waals surface area contributed by atoms with Crippen LogP contribution in [0, 0.1) is 0 Å². The summed E-state index contributed by atoms with van der Waals surface area (Å²) < 4.78 is 4.53. The number of hydrogen-bond donors (Lipinski definition) is 0. The van der Waals surface area contributed by atoms with Gasteiger partial charge in [-0.2, -0.15) is 0 Å². The first-order valence-corrected chi connectivity index (χ1v) is 2.98. The van der Waals surface area contributed by atoms with Crippen LogP contribution >= 0.6 is 0 Å². The maximum Gasteiger partial charge on any atom is 0.324 e. The van der Waals surface area contributed by atoms with E-state index in [2.05, 4.69) is 4.74 Å². The molecule has 0 bridgehead atoms. The molecule has 1 saturated heterocycles. The SMILES string of the molecule is COC(=O)[C@H]1[C@H](C)N1C. The minimum absolute atomic E-state index is 0.0231. The summed E-state index contributed by atoms with van der Waals surface area (Å²) in [5.41, 5.74) is 0. The third-order valence-electron chi connectivity index (χ3n) is 1.89. The first-order valence-electron chi connectivity index (χ1n) is 2.98. The molecule has 1 rings (SSSR count). The highest BCUT2D eigenvalue weighted by Crippen LogP contribution is 2.25. The first kappa shape index (κ1) is 6.55. The van der Waals surface area contributed by atoms with Crippen LogP contribution in [0.25, 0.3) is 0 Å². The van der Waals surface area contributed by atoms with Crippen molar-refractivity contribution in [3.8, 4) is 0 Å². The van der Waals surface area contributed by atoms with Crippen molar-refractivity contribution in [2.24, 2.45) is 0 Å². The molecular weight excluding hydrogens is 118 g/mol. The van der Waals surface area contributed by atoms with Crippen molar-refractivity contribution in [1.29, 1.82) is 0 Å². The van der Waals surface area contributed by atoms with Crippen molar-refractivity contribution in [1.82, 2.24) is 4.90 Å². The second-order valence-electron chi connectivity index (χ2n) is 2.37. The molecule has 0 aromatic heterocycles. The van der Waals surface area contributed by atoms with Crippen LogP contribution in [0.2, 0.25) is 0 Å². The van der Waals surface area contributed by atoms with E-state index in [1.165, 1.54) is 7.11 Å². The van der Waals surface area contributed by atoms with Gasteiger partial charge < -0.3 is 4.74 Å². The van der Waals surface area contributed by atoms with Gasteiger partial charge in [-0.15, -0.1) is 0 Å². The lowest BCUT2D eigenvalue weighted by Gasteiger charge is -1.92. The van der Waals surface area contributed by atoms with Crippen LogP contribution < -0.4 is 0 Å². The van der Waals surface area contributed by atoms with Gasteiger partial charge in [-0.1, -0.05) is 0 Å². The number of nitrogens with zero attached hydrogens (tertiary/aromatic N) is 1. The summed E-state index contributed by atoms with van der Waals surface area (Å²) >= 11 is 0. The number of carbonyl (C=O) groups excluding carboxylic acids is 1. The van der Waals surface area contributed by atoms with E-state index >= 15 is 0 Å².